The predicted molar refractivity (Wildman–Crippen MR) is 36.9 cm³/mol. The summed E-state index contributed by atoms with van der Waals surface area (Å²) in [5, 5.41) is 0.789. The van der Waals surface area contributed by atoms with Gasteiger partial charge in [-0.05, 0) is 25.6 Å². The van der Waals surface area contributed by atoms with Crippen LogP contribution in [-0.2, 0) is 4.74 Å². The first kappa shape index (κ1) is 6.02. The van der Waals surface area contributed by atoms with Crippen LogP contribution in [-0.4, -0.2) is 11.2 Å². The summed E-state index contributed by atoms with van der Waals surface area (Å²) in [6.07, 6.45) is 1.45. The molecule has 0 aromatic heterocycles. The Bertz CT molecular complexity index is 111. The molecule has 1 nitrogen and oxygen atoms in total. The third-order valence-corrected chi connectivity index (χ3v) is 1.90. The molecule has 1 rings (SSSR count). The van der Waals surface area contributed by atoms with E-state index in [2.05, 4.69) is 13.8 Å². The molecular weight excluding hydrogens is 120 g/mol. The van der Waals surface area contributed by atoms with Crippen molar-refractivity contribution < 1.29 is 4.74 Å². The quantitative estimate of drug-likeness (QED) is 0.462. The van der Waals surface area contributed by atoms with Gasteiger partial charge in [-0.2, -0.15) is 0 Å². The van der Waals surface area contributed by atoms with E-state index < -0.39 is 0 Å². The highest BCUT2D eigenvalue weighted by Gasteiger charge is 2.23. The van der Waals surface area contributed by atoms with Crippen LogP contribution >= 0.6 is 12.2 Å². The van der Waals surface area contributed by atoms with Gasteiger partial charge in [0.2, 0.25) is 0 Å². The second-order valence-corrected chi connectivity index (χ2v) is 2.79. The monoisotopic (exact) mass is 130 g/mol. The molecule has 0 bridgehead atoms. The average molecular weight is 130 g/mol. The maximum Gasteiger partial charge on any atom is 0.163 e. The van der Waals surface area contributed by atoms with E-state index in [4.69, 9.17) is 17.0 Å². The number of ether oxygens (including phenoxy) is 1. The SMILES string of the molecule is CC1CC(C)C(=S)O1. The fourth-order valence-corrected chi connectivity index (χ4v) is 1.22. The zero-order valence-corrected chi connectivity index (χ0v) is 5.99. The molecule has 0 aromatic carbocycles. The third-order valence-electron chi connectivity index (χ3n) is 1.41. The van der Waals surface area contributed by atoms with Gasteiger partial charge in [-0.25, -0.2) is 0 Å². The van der Waals surface area contributed by atoms with Gasteiger partial charge in [-0.15, -0.1) is 0 Å². The van der Waals surface area contributed by atoms with Gasteiger partial charge in [-0.1, -0.05) is 6.92 Å². The molecule has 0 aliphatic carbocycles. The van der Waals surface area contributed by atoms with Gasteiger partial charge in [0, 0.05) is 5.92 Å². The van der Waals surface area contributed by atoms with E-state index in [9.17, 15) is 0 Å². The Balaban J connectivity index is 2.51. The molecule has 0 saturated carbocycles. The van der Waals surface area contributed by atoms with Gasteiger partial charge in [0.1, 0.15) is 0 Å². The van der Waals surface area contributed by atoms with Crippen molar-refractivity contribution >= 4 is 17.3 Å². The Morgan fingerprint density at radius 3 is 2.38 bits per heavy atom. The molecule has 46 valence electrons. The molecule has 1 aliphatic heterocycles. The van der Waals surface area contributed by atoms with Crippen LogP contribution in [0.25, 0.3) is 0 Å². The van der Waals surface area contributed by atoms with Crippen molar-refractivity contribution in [3.8, 4) is 0 Å². The van der Waals surface area contributed by atoms with Crippen LogP contribution in [0.3, 0.4) is 0 Å². The minimum atomic E-state index is 0.359. The zero-order valence-electron chi connectivity index (χ0n) is 5.18. The van der Waals surface area contributed by atoms with Gasteiger partial charge in [0.25, 0.3) is 0 Å². The summed E-state index contributed by atoms with van der Waals surface area (Å²) in [7, 11) is 0. The Kier molecular flexibility index (Phi) is 1.52. The lowest BCUT2D eigenvalue weighted by atomic mass is 10.1. The average Bonchev–Trinajstić information content (AvgIpc) is 1.85. The zero-order chi connectivity index (χ0) is 6.15. The fourth-order valence-electron chi connectivity index (χ4n) is 0.957. The van der Waals surface area contributed by atoms with E-state index in [-0.39, 0.29) is 0 Å². The minimum Gasteiger partial charge on any atom is -0.484 e. The van der Waals surface area contributed by atoms with Gasteiger partial charge < -0.3 is 4.74 Å². The lowest BCUT2D eigenvalue weighted by molar-refractivity contribution is 0.245. The Hall–Kier alpha value is -0.110. The smallest absolute Gasteiger partial charge is 0.163 e. The van der Waals surface area contributed by atoms with E-state index in [1.165, 1.54) is 0 Å². The summed E-state index contributed by atoms with van der Waals surface area (Å²) in [5.74, 6) is 0.500. The number of hydrogen-bond acceptors (Lipinski definition) is 2. The molecule has 0 radical (unpaired) electrons. The van der Waals surface area contributed by atoms with Crippen molar-refractivity contribution in [1.82, 2.24) is 0 Å². The van der Waals surface area contributed by atoms with E-state index in [0.717, 1.165) is 11.5 Å². The molecule has 1 saturated heterocycles. The molecule has 2 heteroatoms. The number of rotatable bonds is 0. The molecule has 8 heavy (non-hydrogen) atoms. The molecule has 0 amide bonds. The van der Waals surface area contributed by atoms with Crippen LogP contribution in [0.2, 0.25) is 0 Å². The summed E-state index contributed by atoms with van der Waals surface area (Å²) in [5.41, 5.74) is 0. The van der Waals surface area contributed by atoms with Crippen LogP contribution in [0.5, 0.6) is 0 Å². The van der Waals surface area contributed by atoms with E-state index in [0.29, 0.717) is 12.0 Å². The van der Waals surface area contributed by atoms with Gasteiger partial charge in [-0.3, -0.25) is 0 Å². The van der Waals surface area contributed by atoms with E-state index >= 15 is 0 Å². The van der Waals surface area contributed by atoms with Crippen LogP contribution in [0, 0.1) is 5.92 Å². The minimum absolute atomic E-state index is 0.359. The van der Waals surface area contributed by atoms with Crippen LogP contribution < -0.4 is 0 Å². The number of thiocarbonyl (C=S) groups is 1. The first-order valence-corrected chi connectivity index (χ1v) is 3.31. The van der Waals surface area contributed by atoms with Gasteiger partial charge >= 0.3 is 0 Å². The maximum atomic E-state index is 5.20. The first-order chi connectivity index (χ1) is 3.70. The largest absolute Gasteiger partial charge is 0.484 e. The highest BCUT2D eigenvalue weighted by molar-refractivity contribution is 7.80. The molecular formula is C6H10OS. The standard InChI is InChI=1S/C6H10OS/c1-4-3-5(2)7-6(4)8/h4-5H,3H2,1-2H3. The highest BCUT2D eigenvalue weighted by Crippen LogP contribution is 2.20. The number of hydrogen-bond donors (Lipinski definition) is 0. The normalized spacial score (nSPS) is 37.5. The lowest BCUT2D eigenvalue weighted by Gasteiger charge is -1.98. The van der Waals surface area contributed by atoms with Gasteiger partial charge in [0.05, 0.1) is 6.10 Å². The lowest BCUT2D eigenvalue weighted by Crippen LogP contribution is -1.99. The highest BCUT2D eigenvalue weighted by atomic mass is 32.1. The third kappa shape index (κ3) is 0.996. The van der Waals surface area contributed by atoms with Gasteiger partial charge in [0.15, 0.2) is 5.05 Å². The van der Waals surface area contributed by atoms with E-state index in [1.807, 2.05) is 0 Å². The maximum absolute atomic E-state index is 5.20. The van der Waals surface area contributed by atoms with Crippen molar-refractivity contribution in [2.24, 2.45) is 5.92 Å². The van der Waals surface area contributed by atoms with Crippen molar-refractivity contribution in [1.29, 1.82) is 0 Å². The second kappa shape index (κ2) is 2.02. The molecule has 0 spiro atoms. The molecule has 0 aromatic rings. The van der Waals surface area contributed by atoms with Crippen LogP contribution in [0.15, 0.2) is 0 Å². The Morgan fingerprint density at radius 2 is 2.25 bits per heavy atom. The molecule has 2 unspecified atom stereocenters. The second-order valence-electron chi connectivity index (χ2n) is 2.38. The van der Waals surface area contributed by atoms with Crippen LogP contribution in [0.1, 0.15) is 20.3 Å². The molecule has 1 heterocycles. The summed E-state index contributed by atoms with van der Waals surface area (Å²) in [6, 6.07) is 0. The summed E-state index contributed by atoms with van der Waals surface area (Å²) in [4.78, 5) is 0. The fraction of sp³-hybridized carbons (Fsp3) is 0.833. The van der Waals surface area contributed by atoms with Crippen molar-refractivity contribution in [2.45, 2.75) is 26.4 Å². The van der Waals surface area contributed by atoms with E-state index in [1.54, 1.807) is 0 Å². The molecule has 2 atom stereocenters. The Morgan fingerprint density at radius 1 is 1.62 bits per heavy atom. The van der Waals surface area contributed by atoms with Crippen molar-refractivity contribution in [3.63, 3.8) is 0 Å². The van der Waals surface area contributed by atoms with Crippen molar-refractivity contribution in [3.05, 3.63) is 0 Å². The molecule has 1 aliphatic rings. The predicted octanol–water partition coefficient (Wildman–Crippen LogP) is 1.76. The summed E-state index contributed by atoms with van der Waals surface area (Å²) < 4.78 is 5.20. The Labute approximate surface area is 55.0 Å². The molecule has 1 fully saturated rings. The summed E-state index contributed by atoms with van der Waals surface area (Å²) >= 11 is 4.90. The first-order valence-electron chi connectivity index (χ1n) is 2.90. The topological polar surface area (TPSA) is 9.23 Å². The summed E-state index contributed by atoms with van der Waals surface area (Å²) in [6.45, 7) is 4.15. The van der Waals surface area contributed by atoms with Crippen LogP contribution in [0.4, 0.5) is 0 Å². The van der Waals surface area contributed by atoms with Crippen molar-refractivity contribution in [2.75, 3.05) is 0 Å². The molecule has 0 N–H and O–H groups in total.